The van der Waals surface area contributed by atoms with E-state index in [1.54, 1.807) is 18.9 Å². The van der Waals surface area contributed by atoms with Crippen molar-refractivity contribution >= 4 is 5.91 Å². The molecule has 0 N–H and O–H groups in total. The van der Waals surface area contributed by atoms with Crippen molar-refractivity contribution in [1.82, 2.24) is 15.2 Å². The summed E-state index contributed by atoms with van der Waals surface area (Å²) >= 11 is 0. The van der Waals surface area contributed by atoms with Crippen molar-refractivity contribution in [2.24, 2.45) is 0 Å². The van der Waals surface area contributed by atoms with Crippen LogP contribution in [0.1, 0.15) is 21.7 Å². The molecule has 0 spiro atoms. The number of aromatic nitrogens is 2. The predicted molar refractivity (Wildman–Crippen MR) is 61.3 cm³/mol. The quantitative estimate of drug-likeness (QED) is 0.805. The summed E-state index contributed by atoms with van der Waals surface area (Å²) in [7, 11) is 1.73. The first kappa shape index (κ1) is 11.3. The summed E-state index contributed by atoms with van der Waals surface area (Å²) in [4.78, 5) is 13.6. The van der Waals surface area contributed by atoms with E-state index in [0.29, 0.717) is 12.2 Å². The first-order valence-electron chi connectivity index (χ1n) is 5.27. The Morgan fingerprint density at radius 3 is 2.59 bits per heavy atom. The molecule has 1 aromatic heterocycles. The van der Waals surface area contributed by atoms with Gasteiger partial charge in [0.2, 0.25) is 0 Å². The van der Waals surface area contributed by atoms with Crippen LogP contribution in [0.5, 0.6) is 0 Å². The third-order valence-electron chi connectivity index (χ3n) is 2.46. The third kappa shape index (κ3) is 2.50. The average molecular weight is 231 g/mol. The highest BCUT2D eigenvalue weighted by Gasteiger charge is 2.19. The number of rotatable bonds is 3. The van der Waals surface area contributed by atoms with Crippen LogP contribution in [-0.4, -0.2) is 28.2 Å². The summed E-state index contributed by atoms with van der Waals surface area (Å²) in [6.45, 7) is 2.23. The van der Waals surface area contributed by atoms with Crippen LogP contribution in [0.2, 0.25) is 0 Å². The van der Waals surface area contributed by atoms with Gasteiger partial charge in [-0.1, -0.05) is 35.5 Å². The Morgan fingerprint density at radius 2 is 2.00 bits per heavy atom. The van der Waals surface area contributed by atoms with Gasteiger partial charge >= 0.3 is 0 Å². The Hall–Kier alpha value is -2.17. The average Bonchev–Trinajstić information content (AvgIpc) is 2.76. The predicted octanol–water partition coefficient (Wildman–Crippen LogP) is 1.65. The zero-order valence-electron chi connectivity index (χ0n) is 9.75. The Bertz CT molecular complexity index is 507. The fourth-order valence-electron chi connectivity index (χ4n) is 1.54. The second kappa shape index (κ2) is 4.78. The van der Waals surface area contributed by atoms with Gasteiger partial charge in [-0.15, -0.1) is 0 Å². The number of aryl methyl sites for hydroxylation is 1. The summed E-state index contributed by atoms with van der Waals surface area (Å²) in [5.41, 5.74) is 1.84. The van der Waals surface area contributed by atoms with Crippen molar-refractivity contribution in [2.45, 2.75) is 13.5 Å². The Kier molecular flexibility index (Phi) is 3.18. The molecular weight excluding hydrogens is 218 g/mol. The van der Waals surface area contributed by atoms with Gasteiger partial charge in [0.05, 0.1) is 0 Å². The van der Waals surface area contributed by atoms with Crippen LogP contribution in [0.25, 0.3) is 0 Å². The van der Waals surface area contributed by atoms with Crippen molar-refractivity contribution < 1.29 is 9.42 Å². The highest BCUT2D eigenvalue weighted by atomic mass is 16.6. The number of nitrogens with zero attached hydrogens (tertiary/aromatic N) is 3. The second-order valence-electron chi connectivity index (χ2n) is 3.85. The topological polar surface area (TPSA) is 59.2 Å². The van der Waals surface area contributed by atoms with Gasteiger partial charge in [-0.2, -0.15) is 0 Å². The lowest BCUT2D eigenvalue weighted by atomic mass is 10.2. The van der Waals surface area contributed by atoms with E-state index < -0.39 is 0 Å². The molecule has 0 aliphatic carbocycles. The van der Waals surface area contributed by atoms with Gasteiger partial charge in [-0.3, -0.25) is 4.79 Å². The van der Waals surface area contributed by atoms with Crippen LogP contribution in [0.4, 0.5) is 0 Å². The van der Waals surface area contributed by atoms with E-state index in [1.807, 2.05) is 30.3 Å². The maximum atomic E-state index is 12.0. The van der Waals surface area contributed by atoms with Crippen LogP contribution in [0.3, 0.4) is 0 Å². The minimum atomic E-state index is -0.187. The van der Waals surface area contributed by atoms with Gasteiger partial charge in [0.15, 0.2) is 5.69 Å². The van der Waals surface area contributed by atoms with Gasteiger partial charge < -0.3 is 4.90 Å². The summed E-state index contributed by atoms with van der Waals surface area (Å²) in [5.74, 6) is -0.187. The van der Waals surface area contributed by atoms with Crippen LogP contribution < -0.4 is 0 Å². The number of carbonyl (C=O) groups excluding carboxylic acids is 1. The molecule has 0 aliphatic heterocycles. The highest BCUT2D eigenvalue weighted by molar-refractivity contribution is 5.92. The molecule has 0 bridgehead atoms. The van der Waals surface area contributed by atoms with E-state index in [2.05, 4.69) is 14.9 Å². The standard InChI is InChI=1S/C12H13N3O2/c1-9-11(14-17-13-9)12(16)15(2)8-10-6-4-3-5-7-10/h3-7H,8H2,1-2H3. The van der Waals surface area contributed by atoms with Crippen molar-refractivity contribution in [1.29, 1.82) is 0 Å². The van der Waals surface area contributed by atoms with Gasteiger partial charge in [-0.25, -0.2) is 4.63 Å². The fourth-order valence-corrected chi connectivity index (χ4v) is 1.54. The first-order valence-corrected chi connectivity index (χ1v) is 5.27. The molecule has 0 radical (unpaired) electrons. The molecule has 5 nitrogen and oxygen atoms in total. The lowest BCUT2D eigenvalue weighted by molar-refractivity contribution is 0.0773. The summed E-state index contributed by atoms with van der Waals surface area (Å²) < 4.78 is 4.52. The zero-order chi connectivity index (χ0) is 12.3. The Labute approximate surface area is 99.0 Å². The monoisotopic (exact) mass is 231 g/mol. The molecule has 0 saturated heterocycles. The van der Waals surface area contributed by atoms with Gasteiger partial charge in [0, 0.05) is 13.6 Å². The maximum Gasteiger partial charge on any atom is 0.278 e. The molecule has 5 heteroatoms. The Balaban J connectivity index is 2.09. The van der Waals surface area contributed by atoms with Gasteiger partial charge in [-0.05, 0) is 17.6 Å². The van der Waals surface area contributed by atoms with Crippen LogP contribution in [0.15, 0.2) is 35.0 Å². The van der Waals surface area contributed by atoms with E-state index in [0.717, 1.165) is 5.56 Å². The maximum absolute atomic E-state index is 12.0. The van der Waals surface area contributed by atoms with E-state index in [9.17, 15) is 4.79 Å². The lowest BCUT2D eigenvalue weighted by Crippen LogP contribution is -2.27. The molecular formula is C12H13N3O2. The molecule has 88 valence electrons. The van der Waals surface area contributed by atoms with Crippen molar-refractivity contribution in [3.8, 4) is 0 Å². The van der Waals surface area contributed by atoms with E-state index in [4.69, 9.17) is 0 Å². The molecule has 0 atom stereocenters. The van der Waals surface area contributed by atoms with Crippen LogP contribution >= 0.6 is 0 Å². The summed E-state index contributed by atoms with van der Waals surface area (Å²) in [6.07, 6.45) is 0. The second-order valence-corrected chi connectivity index (χ2v) is 3.85. The van der Waals surface area contributed by atoms with Crippen molar-refractivity contribution in [3.05, 3.63) is 47.3 Å². The third-order valence-corrected chi connectivity index (χ3v) is 2.46. The molecule has 0 fully saturated rings. The normalized spacial score (nSPS) is 10.2. The SMILES string of the molecule is Cc1nonc1C(=O)N(C)Cc1ccccc1. The van der Waals surface area contributed by atoms with Crippen molar-refractivity contribution in [2.75, 3.05) is 7.05 Å². The molecule has 1 heterocycles. The molecule has 2 aromatic rings. The molecule has 0 unspecified atom stereocenters. The summed E-state index contributed by atoms with van der Waals surface area (Å²) in [6, 6.07) is 9.76. The molecule has 1 aromatic carbocycles. The minimum absolute atomic E-state index is 0.187. The zero-order valence-corrected chi connectivity index (χ0v) is 9.75. The largest absolute Gasteiger partial charge is 0.336 e. The van der Waals surface area contributed by atoms with Gasteiger partial charge in [0.1, 0.15) is 5.69 Å². The number of hydrogen-bond donors (Lipinski definition) is 0. The Morgan fingerprint density at radius 1 is 1.29 bits per heavy atom. The molecule has 0 aliphatic rings. The first-order chi connectivity index (χ1) is 8.18. The van der Waals surface area contributed by atoms with E-state index in [-0.39, 0.29) is 11.6 Å². The molecule has 1 amide bonds. The highest BCUT2D eigenvalue weighted by Crippen LogP contribution is 2.08. The lowest BCUT2D eigenvalue weighted by Gasteiger charge is -2.15. The molecule has 0 saturated carbocycles. The molecule has 2 rings (SSSR count). The van der Waals surface area contributed by atoms with E-state index in [1.165, 1.54) is 0 Å². The van der Waals surface area contributed by atoms with Crippen molar-refractivity contribution in [3.63, 3.8) is 0 Å². The number of hydrogen-bond acceptors (Lipinski definition) is 4. The van der Waals surface area contributed by atoms with E-state index >= 15 is 0 Å². The van der Waals surface area contributed by atoms with Crippen LogP contribution in [-0.2, 0) is 6.54 Å². The number of amides is 1. The number of benzene rings is 1. The smallest absolute Gasteiger partial charge is 0.278 e. The van der Waals surface area contributed by atoms with Crippen LogP contribution in [0, 0.1) is 6.92 Å². The molecule has 17 heavy (non-hydrogen) atoms. The fraction of sp³-hybridized carbons (Fsp3) is 0.250. The summed E-state index contributed by atoms with van der Waals surface area (Å²) in [5, 5.41) is 7.19. The van der Waals surface area contributed by atoms with Gasteiger partial charge in [0.25, 0.3) is 5.91 Å². The number of carbonyl (C=O) groups is 1. The minimum Gasteiger partial charge on any atom is -0.336 e.